The molecule has 0 spiro atoms. The molecule has 0 fully saturated rings. The highest BCUT2D eigenvalue weighted by atomic mass is 35.5. The Bertz CT molecular complexity index is 386. The van der Waals surface area contributed by atoms with Crippen LogP contribution in [-0.2, 0) is 10.7 Å². The Kier molecular flexibility index (Phi) is 5.31. The number of hydrogen-bond donors (Lipinski definition) is 0. The van der Waals surface area contributed by atoms with Gasteiger partial charge < -0.3 is 0 Å². The predicted molar refractivity (Wildman–Crippen MR) is 66.0 cm³/mol. The Labute approximate surface area is 99.2 Å². The summed E-state index contributed by atoms with van der Waals surface area (Å²) in [7, 11) is 0. The Morgan fingerprint density at radius 3 is 2.60 bits per heavy atom. The zero-order valence-electron chi connectivity index (χ0n) is 8.42. The molecule has 0 N–H and O–H groups in total. The van der Waals surface area contributed by atoms with E-state index in [9.17, 15) is 4.79 Å². The molecule has 0 atom stereocenters. The fourth-order valence-electron chi connectivity index (χ4n) is 0.953. The number of carbonyl (C=O) groups excluding carboxylic acids is 1. The number of halogens is 1. The molecule has 1 nitrogen and oxygen atoms in total. The van der Waals surface area contributed by atoms with Crippen LogP contribution in [0.2, 0.25) is 0 Å². The van der Waals surface area contributed by atoms with Crippen LogP contribution in [0.15, 0.2) is 24.3 Å². The number of carbonyl (C=O) groups is 1. The summed E-state index contributed by atoms with van der Waals surface area (Å²) in [6, 6.07) is 7.77. The van der Waals surface area contributed by atoms with E-state index in [4.69, 9.17) is 11.6 Å². The molecule has 1 aromatic carbocycles. The van der Waals surface area contributed by atoms with Gasteiger partial charge in [-0.15, -0.1) is 11.6 Å². The minimum atomic E-state index is 0.0989. The van der Waals surface area contributed by atoms with E-state index >= 15 is 0 Å². The van der Waals surface area contributed by atoms with Crippen LogP contribution < -0.4 is 0 Å². The molecule has 0 saturated heterocycles. The van der Waals surface area contributed by atoms with Crippen LogP contribution in [0.4, 0.5) is 0 Å². The fraction of sp³-hybridized carbons (Fsp3) is 0.250. The number of rotatable bonds is 2. The fourth-order valence-corrected chi connectivity index (χ4v) is 1.48. The Morgan fingerprint density at radius 1 is 1.40 bits per heavy atom. The van der Waals surface area contributed by atoms with Gasteiger partial charge in [0.05, 0.1) is 5.75 Å². The highest BCUT2D eigenvalue weighted by molar-refractivity contribution is 8.13. The summed E-state index contributed by atoms with van der Waals surface area (Å²) in [5.41, 5.74) is 2.04. The average Bonchev–Trinajstić information content (AvgIpc) is 2.25. The van der Waals surface area contributed by atoms with Crippen molar-refractivity contribution in [3.05, 3.63) is 35.4 Å². The van der Waals surface area contributed by atoms with Gasteiger partial charge in [0.25, 0.3) is 0 Å². The molecule has 1 rings (SSSR count). The molecule has 0 aliphatic rings. The minimum Gasteiger partial charge on any atom is -0.288 e. The van der Waals surface area contributed by atoms with Gasteiger partial charge in [-0.05, 0) is 17.7 Å². The van der Waals surface area contributed by atoms with Crippen molar-refractivity contribution in [2.75, 3.05) is 5.75 Å². The molecule has 0 saturated carbocycles. The molecule has 0 aliphatic heterocycles. The SMILES string of the molecule is CC(=O)SCC#Cc1ccc(CCl)cc1. The third-order valence-electron chi connectivity index (χ3n) is 1.69. The van der Waals surface area contributed by atoms with Crippen molar-refractivity contribution in [2.24, 2.45) is 0 Å². The lowest BCUT2D eigenvalue weighted by atomic mass is 10.2. The first-order chi connectivity index (χ1) is 7.22. The molecule has 0 amide bonds. The molecule has 0 bridgehead atoms. The second kappa shape index (κ2) is 6.55. The predicted octanol–water partition coefficient (Wildman–Crippen LogP) is 3.06. The number of alkyl halides is 1. The van der Waals surface area contributed by atoms with Crippen LogP contribution in [0.5, 0.6) is 0 Å². The molecule has 0 heterocycles. The van der Waals surface area contributed by atoms with E-state index in [0.717, 1.165) is 11.1 Å². The Morgan fingerprint density at radius 2 is 2.07 bits per heavy atom. The van der Waals surface area contributed by atoms with E-state index in [2.05, 4.69) is 11.8 Å². The van der Waals surface area contributed by atoms with Crippen LogP contribution in [-0.4, -0.2) is 10.9 Å². The van der Waals surface area contributed by atoms with Crippen molar-refractivity contribution in [1.82, 2.24) is 0 Å². The quantitative estimate of drug-likeness (QED) is 0.582. The van der Waals surface area contributed by atoms with E-state index in [1.54, 1.807) is 6.92 Å². The summed E-state index contributed by atoms with van der Waals surface area (Å²) in [6.45, 7) is 1.54. The number of benzene rings is 1. The molecule has 0 aromatic heterocycles. The third kappa shape index (κ3) is 4.92. The van der Waals surface area contributed by atoms with E-state index < -0.39 is 0 Å². The van der Waals surface area contributed by atoms with Gasteiger partial charge in [-0.1, -0.05) is 35.7 Å². The summed E-state index contributed by atoms with van der Waals surface area (Å²) in [6.07, 6.45) is 0. The molecule has 1 aromatic rings. The standard InChI is InChI=1S/C12H11ClOS/c1-10(14)15-8-2-3-11-4-6-12(9-13)7-5-11/h4-7H,8-9H2,1H3. The largest absolute Gasteiger partial charge is 0.288 e. The van der Waals surface area contributed by atoms with Gasteiger partial charge in [-0.2, -0.15) is 0 Å². The van der Waals surface area contributed by atoms with Gasteiger partial charge in [-0.3, -0.25) is 4.79 Å². The second-order valence-electron chi connectivity index (χ2n) is 2.91. The first-order valence-electron chi connectivity index (χ1n) is 4.49. The maximum absolute atomic E-state index is 10.6. The van der Waals surface area contributed by atoms with Crippen LogP contribution in [0, 0.1) is 11.8 Å². The van der Waals surface area contributed by atoms with Crippen LogP contribution in [0.1, 0.15) is 18.1 Å². The smallest absolute Gasteiger partial charge is 0.186 e. The summed E-state index contributed by atoms with van der Waals surface area (Å²) in [5.74, 6) is 6.98. The maximum Gasteiger partial charge on any atom is 0.186 e. The van der Waals surface area contributed by atoms with Crippen LogP contribution >= 0.6 is 23.4 Å². The van der Waals surface area contributed by atoms with E-state index in [1.165, 1.54) is 11.8 Å². The minimum absolute atomic E-state index is 0.0989. The average molecular weight is 239 g/mol. The maximum atomic E-state index is 10.6. The highest BCUT2D eigenvalue weighted by Gasteiger charge is 1.91. The zero-order valence-corrected chi connectivity index (χ0v) is 9.99. The summed E-state index contributed by atoms with van der Waals surface area (Å²) < 4.78 is 0. The number of thioether (sulfide) groups is 1. The van der Waals surface area contributed by atoms with Crippen molar-refractivity contribution in [2.45, 2.75) is 12.8 Å². The molecule has 0 aliphatic carbocycles. The molecule has 78 valence electrons. The van der Waals surface area contributed by atoms with Crippen molar-refractivity contribution in [3.63, 3.8) is 0 Å². The lowest BCUT2D eigenvalue weighted by molar-refractivity contribution is -0.109. The van der Waals surface area contributed by atoms with E-state index in [0.29, 0.717) is 11.6 Å². The van der Waals surface area contributed by atoms with E-state index in [1.807, 2.05) is 24.3 Å². The van der Waals surface area contributed by atoms with Crippen molar-refractivity contribution in [3.8, 4) is 11.8 Å². The molecular weight excluding hydrogens is 228 g/mol. The molecular formula is C12H11ClOS. The van der Waals surface area contributed by atoms with Gasteiger partial charge in [-0.25, -0.2) is 0 Å². The zero-order chi connectivity index (χ0) is 11.1. The van der Waals surface area contributed by atoms with Gasteiger partial charge >= 0.3 is 0 Å². The van der Waals surface area contributed by atoms with Gasteiger partial charge in [0.1, 0.15) is 0 Å². The topological polar surface area (TPSA) is 17.1 Å². The molecule has 0 unspecified atom stereocenters. The molecule has 0 radical (unpaired) electrons. The molecule has 3 heteroatoms. The monoisotopic (exact) mass is 238 g/mol. The van der Waals surface area contributed by atoms with Crippen LogP contribution in [0.25, 0.3) is 0 Å². The van der Waals surface area contributed by atoms with Crippen molar-refractivity contribution < 1.29 is 4.79 Å². The van der Waals surface area contributed by atoms with Gasteiger partial charge in [0.15, 0.2) is 5.12 Å². The lowest BCUT2D eigenvalue weighted by Gasteiger charge is -1.93. The summed E-state index contributed by atoms with van der Waals surface area (Å²) in [5, 5.41) is 0.0989. The first kappa shape index (κ1) is 12.2. The molecule has 15 heavy (non-hydrogen) atoms. The highest BCUT2D eigenvalue weighted by Crippen LogP contribution is 2.06. The first-order valence-corrected chi connectivity index (χ1v) is 6.01. The van der Waals surface area contributed by atoms with E-state index in [-0.39, 0.29) is 5.12 Å². The van der Waals surface area contributed by atoms with Crippen LogP contribution in [0.3, 0.4) is 0 Å². The van der Waals surface area contributed by atoms with Crippen molar-refractivity contribution in [1.29, 1.82) is 0 Å². The summed E-state index contributed by atoms with van der Waals surface area (Å²) in [4.78, 5) is 10.6. The van der Waals surface area contributed by atoms with Gasteiger partial charge in [0.2, 0.25) is 0 Å². The normalized spacial score (nSPS) is 9.20. The Hall–Kier alpha value is -0.910. The lowest BCUT2D eigenvalue weighted by Crippen LogP contribution is -1.83. The Balaban J connectivity index is 2.52. The summed E-state index contributed by atoms with van der Waals surface area (Å²) >= 11 is 6.89. The van der Waals surface area contributed by atoms with Gasteiger partial charge in [0, 0.05) is 18.4 Å². The third-order valence-corrected chi connectivity index (χ3v) is 2.69. The number of hydrogen-bond acceptors (Lipinski definition) is 2. The van der Waals surface area contributed by atoms with Crippen molar-refractivity contribution >= 4 is 28.5 Å². The second-order valence-corrected chi connectivity index (χ2v) is 4.33.